The third kappa shape index (κ3) is 3.13. The average Bonchev–Trinajstić information content (AvgIpc) is 2.95. The number of carbonyl (C=O) groups excluding carboxylic acids is 2. The first-order valence-corrected chi connectivity index (χ1v) is 9.59. The Morgan fingerprint density at radius 2 is 2.08 bits per heavy atom. The van der Waals surface area contributed by atoms with E-state index in [1.54, 1.807) is 32.7 Å². The lowest BCUT2D eigenvalue weighted by Gasteiger charge is -2.31. The average molecular weight is 377 g/mol. The molecular formula is C18H23N3O4S. The molecule has 0 saturated carbocycles. The Kier molecular flexibility index (Phi) is 5.13. The highest BCUT2D eigenvalue weighted by atomic mass is 32.1. The van der Waals surface area contributed by atoms with Crippen LogP contribution in [0.2, 0.25) is 0 Å². The maximum absolute atomic E-state index is 13.0. The minimum atomic E-state index is -0.282. The van der Waals surface area contributed by atoms with Gasteiger partial charge in [-0.05, 0) is 39.2 Å². The summed E-state index contributed by atoms with van der Waals surface area (Å²) in [6.45, 7) is 6.64. The third-order valence-electron chi connectivity index (χ3n) is 4.92. The standard InChI is InChI=1S/C18H23N3O4S/c1-5-25-18(24)12-7-6-8-21(9-12)17(23)14-10(2)13-15(26-14)19-11(3)20(4)16(13)22/h12H,5-9H2,1-4H3. The molecule has 0 bridgehead atoms. The molecule has 7 nitrogen and oxygen atoms in total. The number of ether oxygens (including phenoxy) is 1. The molecule has 3 rings (SSSR count). The molecule has 0 aliphatic carbocycles. The lowest BCUT2D eigenvalue weighted by molar-refractivity contribution is -0.149. The van der Waals surface area contributed by atoms with Crippen LogP contribution in [0, 0.1) is 19.8 Å². The van der Waals surface area contributed by atoms with Crippen molar-refractivity contribution in [1.82, 2.24) is 14.5 Å². The molecule has 1 atom stereocenters. The van der Waals surface area contributed by atoms with Crippen LogP contribution in [-0.4, -0.2) is 46.0 Å². The van der Waals surface area contributed by atoms with Gasteiger partial charge >= 0.3 is 5.97 Å². The van der Waals surface area contributed by atoms with Gasteiger partial charge in [0.25, 0.3) is 11.5 Å². The number of hydrogen-bond acceptors (Lipinski definition) is 6. The van der Waals surface area contributed by atoms with E-state index in [0.29, 0.717) is 46.2 Å². The van der Waals surface area contributed by atoms with E-state index in [0.717, 1.165) is 12.8 Å². The summed E-state index contributed by atoms with van der Waals surface area (Å²) < 4.78 is 6.59. The highest BCUT2D eigenvalue weighted by Gasteiger charge is 2.31. The zero-order valence-electron chi connectivity index (χ0n) is 15.5. The van der Waals surface area contributed by atoms with Crippen LogP contribution in [-0.2, 0) is 16.6 Å². The van der Waals surface area contributed by atoms with Crippen molar-refractivity contribution in [1.29, 1.82) is 0 Å². The van der Waals surface area contributed by atoms with Gasteiger partial charge in [0.1, 0.15) is 10.7 Å². The van der Waals surface area contributed by atoms with E-state index in [9.17, 15) is 14.4 Å². The second-order valence-corrected chi connectivity index (χ2v) is 7.60. The second-order valence-electron chi connectivity index (χ2n) is 6.60. The minimum Gasteiger partial charge on any atom is -0.466 e. The Bertz CT molecular complexity index is 931. The number of esters is 1. The fraction of sp³-hybridized carbons (Fsp3) is 0.556. The number of aromatic nitrogens is 2. The number of nitrogens with zero attached hydrogens (tertiary/aromatic N) is 3. The summed E-state index contributed by atoms with van der Waals surface area (Å²) in [5.74, 6) is -0.0536. The molecule has 1 saturated heterocycles. The van der Waals surface area contributed by atoms with Gasteiger partial charge in [-0.1, -0.05) is 0 Å². The van der Waals surface area contributed by atoms with Gasteiger partial charge in [-0.3, -0.25) is 19.0 Å². The second kappa shape index (κ2) is 7.19. The first-order valence-electron chi connectivity index (χ1n) is 8.77. The Balaban J connectivity index is 1.93. The molecule has 1 fully saturated rings. The van der Waals surface area contributed by atoms with Crippen LogP contribution in [0.4, 0.5) is 0 Å². The molecule has 1 aliphatic heterocycles. The Hall–Kier alpha value is -2.22. The number of aryl methyl sites for hydroxylation is 2. The normalized spacial score (nSPS) is 17.5. The molecule has 2 aromatic rings. The molecule has 3 heterocycles. The molecule has 1 unspecified atom stereocenters. The van der Waals surface area contributed by atoms with E-state index in [1.807, 2.05) is 0 Å². The zero-order chi connectivity index (χ0) is 19.0. The van der Waals surface area contributed by atoms with Crippen molar-refractivity contribution in [3.8, 4) is 0 Å². The Morgan fingerprint density at radius 1 is 1.35 bits per heavy atom. The number of amides is 1. The van der Waals surface area contributed by atoms with Crippen LogP contribution < -0.4 is 5.56 Å². The van der Waals surface area contributed by atoms with E-state index in [1.165, 1.54) is 15.9 Å². The van der Waals surface area contributed by atoms with Crippen molar-refractivity contribution in [2.75, 3.05) is 19.7 Å². The third-order valence-corrected chi connectivity index (χ3v) is 6.09. The fourth-order valence-electron chi connectivity index (χ4n) is 3.33. The molecular weight excluding hydrogens is 354 g/mol. The molecule has 1 amide bonds. The van der Waals surface area contributed by atoms with Gasteiger partial charge in [-0.15, -0.1) is 11.3 Å². The molecule has 1 aliphatic rings. The minimum absolute atomic E-state index is 0.136. The number of fused-ring (bicyclic) bond motifs is 1. The number of rotatable bonds is 3. The van der Waals surface area contributed by atoms with E-state index in [2.05, 4.69) is 4.98 Å². The van der Waals surface area contributed by atoms with Crippen LogP contribution in [0.15, 0.2) is 4.79 Å². The van der Waals surface area contributed by atoms with Gasteiger partial charge < -0.3 is 9.64 Å². The van der Waals surface area contributed by atoms with Crippen molar-refractivity contribution in [3.63, 3.8) is 0 Å². The van der Waals surface area contributed by atoms with Crippen LogP contribution in [0.3, 0.4) is 0 Å². The lowest BCUT2D eigenvalue weighted by atomic mass is 9.98. The maximum Gasteiger partial charge on any atom is 0.310 e. The molecule has 26 heavy (non-hydrogen) atoms. The molecule has 0 N–H and O–H groups in total. The van der Waals surface area contributed by atoms with Gasteiger partial charge in [0.15, 0.2) is 0 Å². The van der Waals surface area contributed by atoms with Crippen LogP contribution in [0.25, 0.3) is 10.2 Å². The summed E-state index contributed by atoms with van der Waals surface area (Å²) in [5, 5.41) is 0.505. The summed E-state index contributed by atoms with van der Waals surface area (Å²) >= 11 is 1.25. The van der Waals surface area contributed by atoms with Gasteiger partial charge in [0, 0.05) is 20.1 Å². The number of hydrogen-bond donors (Lipinski definition) is 0. The summed E-state index contributed by atoms with van der Waals surface area (Å²) in [6.07, 6.45) is 1.49. The molecule has 0 aromatic carbocycles. The monoisotopic (exact) mass is 377 g/mol. The van der Waals surface area contributed by atoms with Crippen LogP contribution in [0.5, 0.6) is 0 Å². The van der Waals surface area contributed by atoms with E-state index >= 15 is 0 Å². The topological polar surface area (TPSA) is 81.5 Å². The predicted octanol–water partition coefficient (Wildman–Crippen LogP) is 2.03. The maximum atomic E-state index is 13.0. The van der Waals surface area contributed by atoms with Crippen molar-refractivity contribution in [2.45, 2.75) is 33.6 Å². The van der Waals surface area contributed by atoms with Crippen molar-refractivity contribution >= 4 is 33.4 Å². The smallest absolute Gasteiger partial charge is 0.310 e. The quantitative estimate of drug-likeness (QED) is 0.765. The van der Waals surface area contributed by atoms with Crippen LogP contribution >= 0.6 is 11.3 Å². The summed E-state index contributed by atoms with van der Waals surface area (Å²) in [6, 6.07) is 0. The molecule has 0 spiro atoms. The Labute approximate surface area is 155 Å². The molecule has 2 aromatic heterocycles. The molecule has 0 radical (unpaired) electrons. The SMILES string of the molecule is CCOC(=O)C1CCCN(C(=O)c2sc3nc(C)n(C)c(=O)c3c2C)C1. The first-order chi connectivity index (χ1) is 12.3. The lowest BCUT2D eigenvalue weighted by Crippen LogP contribution is -2.42. The fourth-order valence-corrected chi connectivity index (χ4v) is 4.51. The van der Waals surface area contributed by atoms with Gasteiger partial charge in [-0.2, -0.15) is 0 Å². The molecule has 8 heteroatoms. The first kappa shape index (κ1) is 18.6. The largest absolute Gasteiger partial charge is 0.466 e. The van der Waals surface area contributed by atoms with E-state index in [4.69, 9.17) is 4.74 Å². The van der Waals surface area contributed by atoms with E-state index in [-0.39, 0.29) is 23.4 Å². The highest BCUT2D eigenvalue weighted by Crippen LogP contribution is 2.30. The molecule has 140 valence electrons. The number of carbonyl (C=O) groups is 2. The number of piperidine rings is 1. The Morgan fingerprint density at radius 3 is 2.77 bits per heavy atom. The number of thiophene rings is 1. The van der Waals surface area contributed by atoms with Gasteiger partial charge in [-0.25, -0.2) is 4.98 Å². The highest BCUT2D eigenvalue weighted by molar-refractivity contribution is 7.20. The van der Waals surface area contributed by atoms with Crippen LogP contribution in [0.1, 0.15) is 40.8 Å². The van der Waals surface area contributed by atoms with Gasteiger partial charge in [0.05, 0.1) is 22.8 Å². The number of likely N-dealkylation sites (tertiary alicyclic amines) is 1. The summed E-state index contributed by atoms with van der Waals surface area (Å²) in [5.41, 5.74) is 0.532. The van der Waals surface area contributed by atoms with Crippen molar-refractivity contribution in [3.05, 3.63) is 26.6 Å². The summed E-state index contributed by atoms with van der Waals surface area (Å²) in [7, 11) is 1.68. The van der Waals surface area contributed by atoms with Gasteiger partial charge in [0.2, 0.25) is 0 Å². The van der Waals surface area contributed by atoms with E-state index < -0.39 is 0 Å². The zero-order valence-corrected chi connectivity index (χ0v) is 16.3. The predicted molar refractivity (Wildman–Crippen MR) is 99.6 cm³/mol. The summed E-state index contributed by atoms with van der Waals surface area (Å²) in [4.78, 5) is 44.9. The van der Waals surface area contributed by atoms with Crippen molar-refractivity contribution in [2.24, 2.45) is 13.0 Å². The van der Waals surface area contributed by atoms with Crippen molar-refractivity contribution < 1.29 is 14.3 Å².